The summed E-state index contributed by atoms with van der Waals surface area (Å²) >= 11 is 0. The van der Waals surface area contributed by atoms with E-state index < -0.39 is 40.5 Å². The normalized spacial score (nSPS) is 21.6. The summed E-state index contributed by atoms with van der Waals surface area (Å²) in [5.74, 6) is -3.87. The molecule has 0 saturated heterocycles. The van der Waals surface area contributed by atoms with Gasteiger partial charge in [0.2, 0.25) is 6.54 Å². The van der Waals surface area contributed by atoms with Crippen molar-refractivity contribution in [1.82, 2.24) is 0 Å². The molecule has 1 rings (SSSR count). The number of esters is 2. The number of nitrogens with zero attached hydrogens (tertiary/aromatic N) is 1. The number of hydrogen-bond donors (Lipinski definition) is 0. The van der Waals surface area contributed by atoms with Crippen molar-refractivity contribution in [3.63, 3.8) is 0 Å². The van der Waals surface area contributed by atoms with Crippen LogP contribution in [0.4, 0.5) is 0 Å². The van der Waals surface area contributed by atoms with E-state index in [2.05, 4.69) is 0 Å². The minimum absolute atomic E-state index is 0.0114. The molecule has 0 bridgehead atoms. The topological polar surface area (TPSA) is 113 Å². The van der Waals surface area contributed by atoms with Crippen LogP contribution in [0.15, 0.2) is 0 Å². The van der Waals surface area contributed by atoms with Crippen molar-refractivity contribution in [1.29, 1.82) is 0 Å². The van der Waals surface area contributed by atoms with E-state index in [0.29, 0.717) is 12.8 Å². The standard InChI is InChI=1S/C15H23NO7/c1-3-22-13(18)12(14(19)23-4-2)15(10-16(20)21)9-7-5-6-8-11(15)17/h12H,3-10H2,1-2H3. The fourth-order valence-corrected chi connectivity index (χ4v) is 3.08. The molecular formula is C15H23NO7. The maximum Gasteiger partial charge on any atom is 0.321 e. The highest BCUT2D eigenvalue weighted by molar-refractivity contribution is 6.02. The molecule has 0 aliphatic heterocycles. The Labute approximate surface area is 134 Å². The number of Topliss-reactive ketones (excluding diaryl/α,β-unsaturated/α-hetero) is 1. The Hall–Kier alpha value is -1.99. The van der Waals surface area contributed by atoms with Gasteiger partial charge in [-0.25, -0.2) is 0 Å². The largest absolute Gasteiger partial charge is 0.465 e. The molecule has 1 fully saturated rings. The Kier molecular flexibility index (Phi) is 7.12. The summed E-state index contributed by atoms with van der Waals surface area (Å²) in [4.78, 5) is 47.7. The number of rotatable bonds is 7. The molecular weight excluding hydrogens is 306 g/mol. The van der Waals surface area contributed by atoms with Crippen LogP contribution in [0.1, 0.15) is 46.0 Å². The van der Waals surface area contributed by atoms with Crippen molar-refractivity contribution < 1.29 is 28.8 Å². The third-order valence-corrected chi connectivity index (χ3v) is 4.09. The molecule has 0 aromatic carbocycles. The first kappa shape index (κ1) is 19.1. The minimum atomic E-state index is -1.68. The molecule has 0 spiro atoms. The minimum Gasteiger partial charge on any atom is -0.465 e. The number of carbonyl (C=O) groups is 3. The van der Waals surface area contributed by atoms with Crippen LogP contribution in [0, 0.1) is 21.4 Å². The lowest BCUT2D eigenvalue weighted by molar-refractivity contribution is -0.495. The zero-order valence-corrected chi connectivity index (χ0v) is 13.5. The SMILES string of the molecule is CCOC(=O)C(C(=O)OCC)C1(C[N+](=O)[O-])CCCCCC1=O. The molecule has 0 amide bonds. The average Bonchev–Trinajstić information content (AvgIpc) is 2.62. The fourth-order valence-electron chi connectivity index (χ4n) is 3.08. The highest BCUT2D eigenvalue weighted by Crippen LogP contribution is 2.41. The second kappa shape index (κ2) is 8.59. The van der Waals surface area contributed by atoms with Crippen LogP contribution in [-0.2, 0) is 23.9 Å². The van der Waals surface area contributed by atoms with E-state index >= 15 is 0 Å². The number of carbonyl (C=O) groups excluding carboxylic acids is 3. The van der Waals surface area contributed by atoms with Crippen LogP contribution in [-0.4, -0.2) is 42.4 Å². The van der Waals surface area contributed by atoms with Gasteiger partial charge in [-0.15, -0.1) is 0 Å². The molecule has 1 unspecified atom stereocenters. The Morgan fingerprint density at radius 1 is 1.17 bits per heavy atom. The van der Waals surface area contributed by atoms with E-state index in [1.54, 1.807) is 13.8 Å². The number of ketones is 1. The van der Waals surface area contributed by atoms with Gasteiger partial charge in [0.05, 0.1) is 13.2 Å². The van der Waals surface area contributed by atoms with E-state index in [9.17, 15) is 24.5 Å². The third-order valence-electron chi connectivity index (χ3n) is 4.09. The van der Waals surface area contributed by atoms with Gasteiger partial charge in [-0.05, 0) is 26.7 Å². The lowest BCUT2D eigenvalue weighted by atomic mass is 9.68. The zero-order valence-electron chi connectivity index (χ0n) is 13.5. The summed E-state index contributed by atoms with van der Waals surface area (Å²) in [6, 6.07) is 0. The lowest BCUT2D eigenvalue weighted by Gasteiger charge is -2.32. The Morgan fingerprint density at radius 3 is 2.22 bits per heavy atom. The molecule has 8 heteroatoms. The first-order chi connectivity index (χ1) is 10.9. The van der Waals surface area contributed by atoms with E-state index in [1.165, 1.54) is 0 Å². The van der Waals surface area contributed by atoms with Crippen molar-refractivity contribution in [2.75, 3.05) is 19.8 Å². The molecule has 0 aromatic heterocycles. The van der Waals surface area contributed by atoms with E-state index in [-0.39, 0.29) is 26.1 Å². The van der Waals surface area contributed by atoms with Crippen LogP contribution in [0.3, 0.4) is 0 Å². The molecule has 0 radical (unpaired) electrons. The molecule has 1 aliphatic carbocycles. The first-order valence-electron chi connectivity index (χ1n) is 7.87. The number of ether oxygens (including phenoxy) is 2. The van der Waals surface area contributed by atoms with Gasteiger partial charge >= 0.3 is 11.9 Å². The highest BCUT2D eigenvalue weighted by Gasteiger charge is 2.57. The predicted molar refractivity (Wildman–Crippen MR) is 79.1 cm³/mol. The lowest BCUT2D eigenvalue weighted by Crippen LogP contribution is -2.51. The quantitative estimate of drug-likeness (QED) is 0.229. The van der Waals surface area contributed by atoms with E-state index in [0.717, 1.165) is 6.42 Å². The van der Waals surface area contributed by atoms with Crippen molar-refractivity contribution in [3.05, 3.63) is 10.1 Å². The summed E-state index contributed by atoms with van der Waals surface area (Å²) in [6.07, 6.45) is 2.08. The Balaban J connectivity index is 3.34. The summed E-state index contributed by atoms with van der Waals surface area (Å²) in [7, 11) is 0. The highest BCUT2D eigenvalue weighted by atomic mass is 16.6. The second-order valence-corrected chi connectivity index (χ2v) is 5.57. The van der Waals surface area contributed by atoms with Gasteiger partial charge in [0, 0.05) is 11.3 Å². The fraction of sp³-hybridized carbons (Fsp3) is 0.800. The smallest absolute Gasteiger partial charge is 0.321 e. The van der Waals surface area contributed by atoms with E-state index in [1.807, 2.05) is 0 Å². The molecule has 1 atom stereocenters. The zero-order chi connectivity index (χ0) is 17.5. The van der Waals surface area contributed by atoms with Crippen LogP contribution in [0.2, 0.25) is 0 Å². The maximum absolute atomic E-state index is 12.6. The Morgan fingerprint density at radius 2 is 1.74 bits per heavy atom. The number of nitro groups is 1. The molecule has 130 valence electrons. The van der Waals surface area contributed by atoms with Gasteiger partial charge in [0.15, 0.2) is 5.92 Å². The monoisotopic (exact) mass is 329 g/mol. The molecule has 1 aliphatic rings. The molecule has 0 aromatic rings. The van der Waals surface area contributed by atoms with Crippen LogP contribution < -0.4 is 0 Å². The maximum atomic E-state index is 12.6. The van der Waals surface area contributed by atoms with Crippen LogP contribution in [0.25, 0.3) is 0 Å². The van der Waals surface area contributed by atoms with Crippen LogP contribution in [0.5, 0.6) is 0 Å². The molecule has 1 saturated carbocycles. The number of hydrogen-bond acceptors (Lipinski definition) is 7. The predicted octanol–water partition coefficient (Wildman–Crippen LogP) is 1.53. The van der Waals surface area contributed by atoms with Gasteiger partial charge in [-0.3, -0.25) is 24.5 Å². The van der Waals surface area contributed by atoms with Crippen molar-refractivity contribution in [3.8, 4) is 0 Å². The first-order valence-corrected chi connectivity index (χ1v) is 7.87. The van der Waals surface area contributed by atoms with Gasteiger partial charge < -0.3 is 9.47 Å². The Bertz CT molecular complexity index is 458. The molecule has 0 heterocycles. The van der Waals surface area contributed by atoms with Gasteiger partial charge in [0.1, 0.15) is 11.2 Å². The van der Waals surface area contributed by atoms with Gasteiger partial charge in [0.25, 0.3) is 0 Å². The average molecular weight is 329 g/mol. The van der Waals surface area contributed by atoms with Crippen LogP contribution >= 0.6 is 0 Å². The van der Waals surface area contributed by atoms with Crippen molar-refractivity contribution in [2.24, 2.45) is 11.3 Å². The summed E-state index contributed by atoms with van der Waals surface area (Å²) < 4.78 is 9.81. The van der Waals surface area contributed by atoms with Gasteiger partial charge in [-0.2, -0.15) is 0 Å². The summed E-state index contributed by atoms with van der Waals surface area (Å²) in [5, 5.41) is 11.1. The van der Waals surface area contributed by atoms with Gasteiger partial charge in [-0.1, -0.05) is 12.8 Å². The van der Waals surface area contributed by atoms with Crippen molar-refractivity contribution >= 4 is 17.7 Å². The third kappa shape index (κ3) is 4.49. The summed E-state index contributed by atoms with van der Waals surface area (Å²) in [6.45, 7) is 2.38. The second-order valence-electron chi connectivity index (χ2n) is 5.57. The van der Waals surface area contributed by atoms with E-state index in [4.69, 9.17) is 9.47 Å². The summed E-state index contributed by atoms with van der Waals surface area (Å²) in [5.41, 5.74) is -1.68. The molecule has 0 N–H and O–H groups in total. The van der Waals surface area contributed by atoms with Crippen molar-refractivity contribution in [2.45, 2.75) is 46.0 Å². The molecule has 23 heavy (non-hydrogen) atoms. The molecule has 8 nitrogen and oxygen atoms in total.